The summed E-state index contributed by atoms with van der Waals surface area (Å²) in [4.78, 5) is 36.9. The van der Waals surface area contributed by atoms with Gasteiger partial charge in [0, 0.05) is 18.8 Å². The first-order chi connectivity index (χ1) is 18.2. The molecule has 0 aromatic heterocycles. The average molecular weight is 531 g/mol. The molecule has 2 fully saturated rings. The van der Waals surface area contributed by atoms with Crippen LogP contribution in [0.2, 0.25) is 0 Å². The number of aryl methyl sites for hydroxylation is 1. The lowest BCUT2D eigenvalue weighted by molar-refractivity contribution is -0.173. The molecule has 7 heteroatoms. The zero-order chi connectivity index (χ0) is 27.6. The molecular formula is C31H46O7. The van der Waals surface area contributed by atoms with E-state index >= 15 is 0 Å². The van der Waals surface area contributed by atoms with Crippen LogP contribution in [0.5, 0.6) is 0 Å². The van der Waals surface area contributed by atoms with Crippen molar-refractivity contribution in [2.75, 3.05) is 0 Å². The van der Waals surface area contributed by atoms with Gasteiger partial charge in [-0.2, -0.15) is 0 Å². The minimum absolute atomic E-state index is 0.239. The topological polar surface area (TPSA) is 110 Å². The van der Waals surface area contributed by atoms with Gasteiger partial charge in [0.1, 0.15) is 17.6 Å². The number of carboxylic acids is 1. The van der Waals surface area contributed by atoms with E-state index < -0.39 is 35.0 Å². The van der Waals surface area contributed by atoms with E-state index in [-0.39, 0.29) is 18.5 Å². The number of unbranched alkanes of at least 4 members (excludes halogenated alkanes) is 4. The van der Waals surface area contributed by atoms with Crippen LogP contribution in [0.4, 0.5) is 0 Å². The molecule has 0 aliphatic heterocycles. The molecule has 0 spiro atoms. The molecule has 2 N–H and O–H groups in total. The second kappa shape index (κ2) is 14.1. The quantitative estimate of drug-likeness (QED) is 0.199. The first kappa shape index (κ1) is 30.1. The third-order valence-electron chi connectivity index (χ3n) is 8.72. The molecule has 2 aliphatic rings. The Morgan fingerprint density at radius 2 is 1.76 bits per heavy atom. The van der Waals surface area contributed by atoms with E-state index in [9.17, 15) is 24.6 Å². The van der Waals surface area contributed by atoms with Crippen LogP contribution < -0.4 is 0 Å². The van der Waals surface area contributed by atoms with E-state index in [0.29, 0.717) is 57.8 Å². The predicted octanol–water partition coefficient (Wildman–Crippen LogP) is 6.00. The van der Waals surface area contributed by atoms with Crippen molar-refractivity contribution in [1.29, 1.82) is 0 Å². The Balaban J connectivity index is 1.62. The Bertz CT molecular complexity index is 916. The van der Waals surface area contributed by atoms with E-state index in [2.05, 4.69) is 19.1 Å². The molecule has 212 valence electrons. The highest BCUT2D eigenvalue weighted by Crippen LogP contribution is 2.61. The maximum absolute atomic E-state index is 12.7. The Morgan fingerprint density at radius 3 is 2.45 bits per heavy atom. The van der Waals surface area contributed by atoms with Crippen LogP contribution in [0.25, 0.3) is 0 Å². The first-order valence-corrected chi connectivity index (χ1v) is 14.5. The fraction of sp³-hybridized carbons (Fsp3) is 0.710. The van der Waals surface area contributed by atoms with Crippen LogP contribution in [-0.2, 0) is 30.3 Å². The maximum atomic E-state index is 12.7. The van der Waals surface area contributed by atoms with Gasteiger partial charge in [-0.3, -0.25) is 14.4 Å². The minimum Gasteiger partial charge on any atom is -0.481 e. The highest BCUT2D eigenvalue weighted by atomic mass is 16.6. The Kier molecular flexibility index (Phi) is 11.2. The summed E-state index contributed by atoms with van der Waals surface area (Å²) in [6.45, 7) is 3.55. The SMILES string of the molecule is CCCCCCCC(=O)O[C@@H]1[C@H](O)C2(CCCC(CCc3ccccc3)OC(C)=O)CCCC1(C(=O)O)C2. The summed E-state index contributed by atoms with van der Waals surface area (Å²) in [5.74, 6) is -1.71. The lowest BCUT2D eigenvalue weighted by Gasteiger charge is -2.37. The van der Waals surface area contributed by atoms with Crippen molar-refractivity contribution < 1.29 is 34.1 Å². The zero-order valence-corrected chi connectivity index (χ0v) is 23.2. The average Bonchev–Trinajstić information content (AvgIpc) is 3.05. The van der Waals surface area contributed by atoms with Gasteiger partial charge >= 0.3 is 17.9 Å². The number of benzene rings is 1. The molecule has 0 heterocycles. The molecule has 0 amide bonds. The fourth-order valence-electron chi connectivity index (χ4n) is 6.75. The highest BCUT2D eigenvalue weighted by Gasteiger charge is 2.67. The molecule has 5 atom stereocenters. The molecule has 7 nitrogen and oxygen atoms in total. The van der Waals surface area contributed by atoms with Crippen molar-refractivity contribution in [1.82, 2.24) is 0 Å². The van der Waals surface area contributed by atoms with Crippen LogP contribution in [-0.4, -0.2) is 46.4 Å². The molecule has 3 unspecified atom stereocenters. The maximum Gasteiger partial charge on any atom is 0.313 e. The fourth-order valence-corrected chi connectivity index (χ4v) is 6.75. The number of rotatable bonds is 16. The first-order valence-electron chi connectivity index (χ1n) is 14.5. The van der Waals surface area contributed by atoms with E-state index in [1.54, 1.807) is 0 Å². The van der Waals surface area contributed by atoms with Crippen molar-refractivity contribution in [3.8, 4) is 0 Å². The second-order valence-electron chi connectivity index (χ2n) is 11.5. The van der Waals surface area contributed by atoms with E-state index in [0.717, 1.165) is 32.1 Å². The molecule has 1 aromatic carbocycles. The monoisotopic (exact) mass is 530 g/mol. The number of aliphatic hydroxyl groups is 1. The Hall–Kier alpha value is -2.41. The number of esters is 2. The zero-order valence-electron chi connectivity index (χ0n) is 23.2. The molecule has 0 saturated heterocycles. The van der Waals surface area contributed by atoms with Crippen LogP contribution in [0.15, 0.2) is 30.3 Å². The normalized spacial score (nSPS) is 27.0. The highest BCUT2D eigenvalue weighted by molar-refractivity contribution is 5.78. The van der Waals surface area contributed by atoms with Crippen LogP contribution >= 0.6 is 0 Å². The smallest absolute Gasteiger partial charge is 0.313 e. The number of carbonyl (C=O) groups is 3. The van der Waals surface area contributed by atoms with Crippen molar-refractivity contribution >= 4 is 17.9 Å². The molecule has 1 aromatic rings. The summed E-state index contributed by atoms with van der Waals surface area (Å²) in [5, 5.41) is 21.7. The molecule has 3 rings (SSSR count). The van der Waals surface area contributed by atoms with E-state index in [1.165, 1.54) is 12.5 Å². The summed E-state index contributed by atoms with van der Waals surface area (Å²) in [6, 6.07) is 10.1. The third kappa shape index (κ3) is 7.58. The van der Waals surface area contributed by atoms with Crippen LogP contribution in [0.3, 0.4) is 0 Å². The van der Waals surface area contributed by atoms with Gasteiger partial charge < -0.3 is 19.7 Å². The number of hydrogen-bond donors (Lipinski definition) is 2. The van der Waals surface area contributed by atoms with Gasteiger partial charge in [0.25, 0.3) is 0 Å². The minimum atomic E-state index is -1.24. The standard InChI is InChI=1S/C31H46O7/c1-3-4-5-6-10-16-26(33)38-28-27(34)30(20-12-21-31(28,22-30)29(35)36)19-11-15-25(37-23(2)32)18-17-24-13-8-7-9-14-24/h7-9,13-14,25,27-28,34H,3-6,10-12,15-22H2,1-2H3,(H,35,36)/t25?,27-,28+,30?,31?/m0/s1. The summed E-state index contributed by atoms with van der Waals surface area (Å²) >= 11 is 0. The van der Waals surface area contributed by atoms with Gasteiger partial charge in [-0.25, -0.2) is 0 Å². The predicted molar refractivity (Wildman–Crippen MR) is 144 cm³/mol. The summed E-state index contributed by atoms with van der Waals surface area (Å²) in [6.07, 6.45) is 8.50. The van der Waals surface area contributed by atoms with Crippen LogP contribution in [0, 0.1) is 10.8 Å². The lowest BCUT2D eigenvalue weighted by atomic mass is 9.66. The Morgan fingerprint density at radius 1 is 1.03 bits per heavy atom. The summed E-state index contributed by atoms with van der Waals surface area (Å²) < 4.78 is 11.4. The number of fused-ring (bicyclic) bond motifs is 2. The molecule has 0 radical (unpaired) electrons. The number of aliphatic carboxylic acids is 1. The molecule has 38 heavy (non-hydrogen) atoms. The van der Waals surface area contributed by atoms with Crippen LogP contribution in [0.1, 0.15) is 109 Å². The molecule has 2 aliphatic carbocycles. The van der Waals surface area contributed by atoms with Gasteiger partial charge in [0.15, 0.2) is 0 Å². The molecular weight excluding hydrogens is 484 g/mol. The number of carbonyl (C=O) groups excluding carboxylic acids is 2. The van der Waals surface area contributed by atoms with Crippen molar-refractivity contribution in [3.63, 3.8) is 0 Å². The summed E-state index contributed by atoms with van der Waals surface area (Å²) in [5.41, 5.74) is -0.663. The largest absolute Gasteiger partial charge is 0.481 e. The number of hydrogen-bond acceptors (Lipinski definition) is 6. The van der Waals surface area contributed by atoms with Crippen molar-refractivity contribution in [2.45, 2.75) is 128 Å². The molecule has 2 saturated carbocycles. The van der Waals surface area contributed by atoms with Gasteiger partial charge in [0.05, 0.1) is 6.10 Å². The van der Waals surface area contributed by atoms with E-state index in [4.69, 9.17) is 9.47 Å². The second-order valence-corrected chi connectivity index (χ2v) is 11.5. The Labute approximate surface area is 227 Å². The number of ether oxygens (including phenoxy) is 2. The van der Waals surface area contributed by atoms with Crippen molar-refractivity contribution in [2.24, 2.45) is 10.8 Å². The van der Waals surface area contributed by atoms with Gasteiger partial charge in [-0.15, -0.1) is 0 Å². The lowest BCUT2D eigenvalue weighted by Crippen LogP contribution is -2.45. The number of carboxylic acid groups (broad SMARTS) is 1. The number of aliphatic hydroxyl groups excluding tert-OH is 1. The van der Waals surface area contributed by atoms with E-state index in [1.807, 2.05) is 18.2 Å². The molecule has 2 bridgehead atoms. The van der Waals surface area contributed by atoms with Gasteiger partial charge in [-0.05, 0) is 63.4 Å². The van der Waals surface area contributed by atoms with Gasteiger partial charge in [-0.1, -0.05) is 69.4 Å². The van der Waals surface area contributed by atoms with Gasteiger partial charge in [0.2, 0.25) is 0 Å². The third-order valence-corrected chi connectivity index (χ3v) is 8.72. The van der Waals surface area contributed by atoms with Crippen molar-refractivity contribution in [3.05, 3.63) is 35.9 Å². The summed E-state index contributed by atoms with van der Waals surface area (Å²) in [7, 11) is 0.